The molecule has 6 heteroatoms. The summed E-state index contributed by atoms with van der Waals surface area (Å²) in [6.07, 6.45) is -4.63. The van der Waals surface area contributed by atoms with Gasteiger partial charge in [-0.2, -0.15) is 18.4 Å². The number of hydrogen-bond acceptors (Lipinski definition) is 2. The SMILES string of the molecule is CC(C(=O)O)c1ccc(-c2cccc(C#N)c2)c(C(F)(F)F)c1. The van der Waals surface area contributed by atoms with E-state index >= 15 is 0 Å². The Bertz CT molecular complexity index is 791. The van der Waals surface area contributed by atoms with Crippen LogP contribution in [0.25, 0.3) is 11.1 Å². The number of carboxylic acid groups (broad SMARTS) is 1. The lowest BCUT2D eigenvalue weighted by atomic mass is 9.92. The Morgan fingerprint density at radius 2 is 1.91 bits per heavy atom. The van der Waals surface area contributed by atoms with E-state index in [-0.39, 0.29) is 22.3 Å². The van der Waals surface area contributed by atoms with Gasteiger partial charge < -0.3 is 5.11 Å². The van der Waals surface area contributed by atoms with Crippen LogP contribution < -0.4 is 0 Å². The summed E-state index contributed by atoms with van der Waals surface area (Å²) in [7, 11) is 0. The van der Waals surface area contributed by atoms with E-state index in [9.17, 15) is 18.0 Å². The summed E-state index contributed by atoms with van der Waals surface area (Å²) in [6.45, 7) is 1.33. The highest BCUT2D eigenvalue weighted by Gasteiger charge is 2.34. The van der Waals surface area contributed by atoms with Crippen LogP contribution in [0, 0.1) is 11.3 Å². The van der Waals surface area contributed by atoms with Crippen LogP contribution >= 0.6 is 0 Å². The molecule has 1 atom stereocenters. The third-order valence-corrected chi connectivity index (χ3v) is 3.52. The van der Waals surface area contributed by atoms with Crippen LogP contribution in [0.3, 0.4) is 0 Å². The maximum Gasteiger partial charge on any atom is 0.417 e. The van der Waals surface area contributed by atoms with Gasteiger partial charge in [0.25, 0.3) is 0 Å². The molecule has 0 aliphatic heterocycles. The lowest BCUT2D eigenvalue weighted by Gasteiger charge is -2.16. The van der Waals surface area contributed by atoms with Crippen molar-refractivity contribution in [3.05, 3.63) is 59.2 Å². The van der Waals surface area contributed by atoms with E-state index in [2.05, 4.69) is 0 Å². The standard InChI is InChI=1S/C17H12F3NO2/c1-10(16(22)23)12-5-6-14(15(8-12)17(18,19)20)13-4-2-3-11(7-13)9-21/h2-8,10H,1H3,(H,22,23). The molecule has 0 saturated carbocycles. The maximum absolute atomic E-state index is 13.3. The van der Waals surface area contributed by atoms with Gasteiger partial charge in [-0.3, -0.25) is 4.79 Å². The number of carboxylic acids is 1. The van der Waals surface area contributed by atoms with E-state index in [0.29, 0.717) is 0 Å². The Balaban J connectivity index is 2.64. The Labute approximate surface area is 130 Å². The monoisotopic (exact) mass is 319 g/mol. The highest BCUT2D eigenvalue weighted by Crippen LogP contribution is 2.39. The van der Waals surface area contributed by atoms with E-state index in [1.165, 1.54) is 43.3 Å². The second-order valence-corrected chi connectivity index (χ2v) is 5.06. The van der Waals surface area contributed by atoms with Gasteiger partial charge in [0.05, 0.1) is 23.1 Å². The lowest BCUT2D eigenvalue weighted by Crippen LogP contribution is -2.12. The first-order valence-corrected chi connectivity index (χ1v) is 6.68. The molecule has 0 aliphatic rings. The zero-order valence-electron chi connectivity index (χ0n) is 12.1. The van der Waals surface area contributed by atoms with Crippen LogP contribution in [0.15, 0.2) is 42.5 Å². The van der Waals surface area contributed by atoms with Gasteiger partial charge >= 0.3 is 12.1 Å². The van der Waals surface area contributed by atoms with Gasteiger partial charge in [0, 0.05) is 0 Å². The van der Waals surface area contributed by atoms with E-state index in [4.69, 9.17) is 10.4 Å². The Morgan fingerprint density at radius 1 is 1.22 bits per heavy atom. The molecule has 0 spiro atoms. The van der Waals surface area contributed by atoms with Gasteiger partial charge in [-0.05, 0) is 41.8 Å². The molecule has 1 N–H and O–H groups in total. The van der Waals surface area contributed by atoms with Crippen LogP contribution in [0.2, 0.25) is 0 Å². The molecular weight excluding hydrogens is 307 g/mol. The molecule has 2 aromatic carbocycles. The van der Waals surface area contributed by atoms with Gasteiger partial charge in [0.1, 0.15) is 0 Å². The van der Waals surface area contributed by atoms with Crippen molar-refractivity contribution < 1.29 is 23.1 Å². The predicted octanol–water partition coefficient (Wildman–Crippen LogP) is 4.43. The number of aliphatic carboxylic acids is 1. The molecule has 2 aromatic rings. The van der Waals surface area contributed by atoms with E-state index in [1.54, 1.807) is 0 Å². The van der Waals surface area contributed by atoms with Crippen molar-refractivity contribution in [2.24, 2.45) is 0 Å². The molecule has 0 fully saturated rings. The van der Waals surface area contributed by atoms with Crippen molar-refractivity contribution in [3.63, 3.8) is 0 Å². The third kappa shape index (κ3) is 3.51. The molecule has 1 unspecified atom stereocenters. The molecule has 0 aromatic heterocycles. The Kier molecular flexibility index (Phi) is 4.41. The average molecular weight is 319 g/mol. The minimum absolute atomic E-state index is 0.0741. The Morgan fingerprint density at radius 3 is 2.48 bits per heavy atom. The summed E-state index contributed by atoms with van der Waals surface area (Å²) < 4.78 is 40.0. The third-order valence-electron chi connectivity index (χ3n) is 3.52. The average Bonchev–Trinajstić information content (AvgIpc) is 2.52. The number of nitrogens with zero attached hydrogens (tertiary/aromatic N) is 1. The maximum atomic E-state index is 13.3. The van der Waals surface area contributed by atoms with Crippen LogP contribution in [0.5, 0.6) is 0 Å². The van der Waals surface area contributed by atoms with Crippen LogP contribution in [0.1, 0.15) is 29.5 Å². The first-order valence-electron chi connectivity index (χ1n) is 6.68. The summed E-state index contributed by atoms with van der Waals surface area (Å²) in [5.41, 5.74) is -0.427. The zero-order valence-corrected chi connectivity index (χ0v) is 12.1. The fourth-order valence-corrected chi connectivity index (χ4v) is 2.22. The van der Waals surface area contributed by atoms with Crippen LogP contribution in [-0.2, 0) is 11.0 Å². The number of nitriles is 1. The van der Waals surface area contributed by atoms with Crippen LogP contribution in [0.4, 0.5) is 13.2 Å². The molecule has 0 bridgehead atoms. The second-order valence-electron chi connectivity index (χ2n) is 5.06. The van der Waals surface area contributed by atoms with Crippen molar-refractivity contribution >= 4 is 5.97 Å². The minimum Gasteiger partial charge on any atom is -0.481 e. The number of alkyl halides is 3. The fourth-order valence-electron chi connectivity index (χ4n) is 2.22. The minimum atomic E-state index is -4.63. The summed E-state index contributed by atoms with van der Waals surface area (Å²) in [6, 6.07) is 11.2. The summed E-state index contributed by atoms with van der Waals surface area (Å²) >= 11 is 0. The molecule has 3 nitrogen and oxygen atoms in total. The number of benzene rings is 2. The number of hydrogen-bond donors (Lipinski definition) is 1. The highest BCUT2D eigenvalue weighted by atomic mass is 19.4. The molecule has 0 radical (unpaired) electrons. The lowest BCUT2D eigenvalue weighted by molar-refractivity contribution is -0.139. The number of halogens is 3. The van der Waals surface area contributed by atoms with E-state index in [0.717, 1.165) is 6.07 Å². The highest BCUT2D eigenvalue weighted by molar-refractivity contribution is 5.77. The van der Waals surface area contributed by atoms with Gasteiger partial charge in [0.15, 0.2) is 0 Å². The molecule has 0 heterocycles. The number of rotatable bonds is 3. The molecule has 0 saturated heterocycles. The van der Waals surface area contributed by atoms with Crippen molar-refractivity contribution in [1.82, 2.24) is 0 Å². The molecule has 118 valence electrons. The number of carbonyl (C=O) groups is 1. The van der Waals surface area contributed by atoms with E-state index < -0.39 is 23.6 Å². The van der Waals surface area contributed by atoms with Gasteiger partial charge in [-0.25, -0.2) is 0 Å². The zero-order chi connectivity index (χ0) is 17.2. The normalized spacial score (nSPS) is 12.5. The van der Waals surface area contributed by atoms with Crippen LogP contribution in [-0.4, -0.2) is 11.1 Å². The molecule has 23 heavy (non-hydrogen) atoms. The summed E-state index contributed by atoms with van der Waals surface area (Å²) in [5, 5.41) is 17.8. The molecule has 2 rings (SSSR count). The van der Waals surface area contributed by atoms with Crippen molar-refractivity contribution in [3.8, 4) is 17.2 Å². The first-order chi connectivity index (χ1) is 10.7. The largest absolute Gasteiger partial charge is 0.481 e. The molecular formula is C17H12F3NO2. The van der Waals surface area contributed by atoms with Gasteiger partial charge in [-0.1, -0.05) is 24.3 Å². The van der Waals surface area contributed by atoms with E-state index in [1.807, 2.05) is 6.07 Å². The fraction of sp³-hybridized carbons (Fsp3) is 0.176. The van der Waals surface area contributed by atoms with Gasteiger partial charge in [-0.15, -0.1) is 0 Å². The summed E-state index contributed by atoms with van der Waals surface area (Å²) in [4.78, 5) is 11.0. The first kappa shape index (κ1) is 16.6. The molecule has 0 aliphatic carbocycles. The van der Waals surface area contributed by atoms with Crippen molar-refractivity contribution in [1.29, 1.82) is 5.26 Å². The predicted molar refractivity (Wildman–Crippen MR) is 77.6 cm³/mol. The topological polar surface area (TPSA) is 61.1 Å². The molecule has 0 amide bonds. The van der Waals surface area contributed by atoms with Crippen molar-refractivity contribution in [2.75, 3.05) is 0 Å². The van der Waals surface area contributed by atoms with Gasteiger partial charge in [0.2, 0.25) is 0 Å². The van der Waals surface area contributed by atoms with Crippen molar-refractivity contribution in [2.45, 2.75) is 19.0 Å². The quantitative estimate of drug-likeness (QED) is 0.910. The Hall–Kier alpha value is -2.81. The second kappa shape index (κ2) is 6.13. The smallest absolute Gasteiger partial charge is 0.417 e. The summed E-state index contributed by atoms with van der Waals surface area (Å²) in [5.74, 6) is -2.24.